The first-order valence-corrected chi connectivity index (χ1v) is 28.6. The van der Waals surface area contributed by atoms with Crippen LogP contribution < -0.4 is 9.05 Å². The van der Waals surface area contributed by atoms with Gasteiger partial charge in [-0.2, -0.15) is 0 Å². The van der Waals surface area contributed by atoms with E-state index in [9.17, 15) is 0 Å². The fourth-order valence-corrected chi connectivity index (χ4v) is 12.4. The molecule has 0 N–H and O–H groups in total. The van der Waals surface area contributed by atoms with E-state index in [0.29, 0.717) is 0 Å². The number of hydrogen-bond donors (Lipinski definition) is 0. The largest absolute Gasteiger partial charge is 0.399 e. The van der Waals surface area contributed by atoms with Crippen molar-refractivity contribution >= 4 is 60.4 Å². The summed E-state index contributed by atoms with van der Waals surface area (Å²) in [7, 11) is -4.00. The summed E-state index contributed by atoms with van der Waals surface area (Å²) < 4.78 is 56.2. The van der Waals surface area contributed by atoms with Gasteiger partial charge in [0.15, 0.2) is 0 Å². The van der Waals surface area contributed by atoms with Crippen LogP contribution in [0.4, 0.5) is 0 Å². The molecule has 0 radical (unpaired) electrons. The molecule has 2 aliphatic rings. The molecular weight excluding hydrogens is 935 g/mol. The number of fused-ring (bicyclic) bond motifs is 7. The predicted octanol–water partition coefficient (Wildman–Crippen LogP) is 18.4. The molecule has 0 amide bonds. The summed E-state index contributed by atoms with van der Waals surface area (Å²) in [6.45, 7) is 54.9. The van der Waals surface area contributed by atoms with Crippen molar-refractivity contribution in [1.29, 1.82) is 0 Å². The molecule has 2 aliphatic heterocycles. The molecule has 8 rings (SSSR count). The highest BCUT2D eigenvalue weighted by atomic mass is 31.1. The van der Waals surface area contributed by atoms with Gasteiger partial charge < -0.3 is 26.3 Å². The number of hydrogen-bond acceptors (Lipinski definition) is 8. The molecule has 2 saturated heterocycles. The zero-order valence-corrected chi connectivity index (χ0v) is 50.3. The standard InChI is InChI=1S/C62H88O8P2/c1-55(2,3)35-25-39-40-26-36(56(4,5)6)30-44(60(16,17)18)50(40)68-71(67-49(39)43(29-35)59(13,14)15)65-47-33-63-54-48(34-64-53(47)54)66-72-69-51-41(27-37(57(7,8)9)31-45(51)61(19,20)21)42-28-38(58(10,11)12)32-46(52(42)70-72)62(22,23)24/h25-32,47-48,53-54H,33-34H2,1-24H3/t47-,48-,53-,54-/m1/s1. The van der Waals surface area contributed by atoms with Gasteiger partial charge in [-0.3, -0.25) is 9.05 Å². The second-order valence-corrected chi connectivity index (χ2v) is 31.3. The van der Waals surface area contributed by atoms with E-state index >= 15 is 0 Å². The topological polar surface area (TPSA) is 89.5 Å². The summed E-state index contributed by atoms with van der Waals surface area (Å²) in [6, 6.07) is 18.6. The summed E-state index contributed by atoms with van der Waals surface area (Å²) in [6.07, 6.45) is -1.86. The smallest absolute Gasteiger partial charge is 0.387 e. The molecule has 4 aromatic carbocycles. The van der Waals surface area contributed by atoms with Crippen LogP contribution in [0.25, 0.3) is 43.9 Å². The first-order chi connectivity index (χ1) is 32.7. The third-order valence-corrected chi connectivity index (χ3v) is 16.9. The molecule has 0 saturated carbocycles. The van der Waals surface area contributed by atoms with Gasteiger partial charge in [0.1, 0.15) is 46.7 Å². The maximum atomic E-state index is 7.17. The predicted molar refractivity (Wildman–Crippen MR) is 302 cm³/mol. The lowest BCUT2D eigenvalue weighted by molar-refractivity contribution is 0.0401. The van der Waals surface area contributed by atoms with E-state index in [1.807, 2.05) is 0 Å². The zero-order chi connectivity index (χ0) is 53.4. The Morgan fingerprint density at radius 1 is 0.319 bits per heavy atom. The molecule has 0 aliphatic carbocycles. The molecule has 0 unspecified atom stereocenters. The van der Waals surface area contributed by atoms with Crippen molar-refractivity contribution in [3.63, 3.8) is 0 Å². The average Bonchev–Trinajstić information content (AvgIpc) is 3.70. The van der Waals surface area contributed by atoms with E-state index in [-0.39, 0.29) is 56.5 Å². The lowest BCUT2D eigenvalue weighted by Crippen LogP contribution is -2.35. The summed E-state index contributed by atoms with van der Waals surface area (Å²) in [5.74, 6) is 0. The molecule has 72 heavy (non-hydrogen) atoms. The van der Waals surface area contributed by atoms with Crippen molar-refractivity contribution in [1.82, 2.24) is 0 Å². The summed E-state index contributed by atoms with van der Waals surface area (Å²) in [5.41, 5.74) is 11.2. The second-order valence-electron chi connectivity index (χ2n) is 29.3. The van der Waals surface area contributed by atoms with Gasteiger partial charge >= 0.3 is 16.5 Å². The van der Waals surface area contributed by atoms with Crippen molar-refractivity contribution in [2.45, 2.75) is 234 Å². The minimum absolute atomic E-state index is 0.108. The quantitative estimate of drug-likeness (QED) is 0.173. The first-order valence-electron chi connectivity index (χ1n) is 26.4. The van der Waals surface area contributed by atoms with E-state index in [4.69, 9.17) is 35.3 Å². The van der Waals surface area contributed by atoms with Crippen molar-refractivity contribution < 1.29 is 35.3 Å². The van der Waals surface area contributed by atoms with Gasteiger partial charge in [-0.05, 0) is 89.8 Å². The van der Waals surface area contributed by atoms with Crippen LogP contribution >= 0.6 is 16.5 Å². The molecule has 6 aromatic rings. The van der Waals surface area contributed by atoms with Gasteiger partial charge in [0, 0.05) is 43.8 Å². The van der Waals surface area contributed by atoms with Crippen LogP contribution in [0.2, 0.25) is 0 Å². The zero-order valence-electron chi connectivity index (χ0n) is 48.5. The van der Waals surface area contributed by atoms with Gasteiger partial charge in [-0.25, -0.2) is 0 Å². The molecule has 2 aromatic heterocycles. The van der Waals surface area contributed by atoms with Gasteiger partial charge in [0.05, 0.1) is 13.2 Å². The molecule has 8 nitrogen and oxygen atoms in total. The van der Waals surface area contributed by atoms with Gasteiger partial charge in [0.25, 0.3) is 0 Å². The molecule has 4 heterocycles. The minimum atomic E-state index is -2.00. The Labute approximate surface area is 433 Å². The third kappa shape index (κ3) is 10.8. The van der Waals surface area contributed by atoms with E-state index in [1.54, 1.807) is 0 Å². The van der Waals surface area contributed by atoms with Gasteiger partial charge in [-0.15, -0.1) is 0 Å². The second kappa shape index (κ2) is 18.1. The molecule has 0 bridgehead atoms. The number of benzene rings is 4. The fourth-order valence-electron chi connectivity index (χ4n) is 9.92. The Hall–Kier alpha value is -3.48. The average molecular weight is 1020 g/mol. The highest BCUT2D eigenvalue weighted by Crippen LogP contribution is 2.49. The maximum absolute atomic E-state index is 7.17. The van der Waals surface area contributed by atoms with Crippen LogP contribution in [0, 0.1) is 0 Å². The molecule has 10 heteroatoms. The van der Waals surface area contributed by atoms with Crippen LogP contribution in [-0.2, 0) is 52.8 Å². The monoisotopic (exact) mass is 1020 g/mol. The van der Waals surface area contributed by atoms with Crippen LogP contribution in [-0.4, -0.2) is 37.6 Å². The minimum Gasteiger partial charge on any atom is -0.399 e. The summed E-state index contributed by atoms with van der Waals surface area (Å²) in [4.78, 5) is 0. The molecular formula is C62H88O8P2. The molecule has 394 valence electrons. The number of rotatable bonds is 4. The highest BCUT2D eigenvalue weighted by molar-refractivity contribution is 7.32. The Morgan fingerprint density at radius 3 is 0.708 bits per heavy atom. The summed E-state index contributed by atoms with van der Waals surface area (Å²) >= 11 is 0. The van der Waals surface area contributed by atoms with Gasteiger partial charge in [0.2, 0.25) is 0 Å². The Balaban J connectivity index is 1.27. The van der Waals surface area contributed by atoms with Crippen molar-refractivity contribution in [3.05, 3.63) is 93.0 Å². The highest BCUT2D eigenvalue weighted by Gasteiger charge is 2.51. The SMILES string of the molecule is CC(C)(C)c1cc(C(C)(C)C)c2op(O[C@@H]3CO[C@H]4[C@@H]3OC[C@H]4Op3oc4c(C(C)(C)C)cc(C(C)(C)C)cc4c4cc(C(C)(C)C)cc(C(C)(C)C)c4o3)oc3c(C(C)(C)C)cc(C(C)(C)C)cc3c2c1. The van der Waals surface area contributed by atoms with Crippen LogP contribution in [0.15, 0.2) is 65.3 Å². The fraction of sp³-hybridized carbons (Fsp3) is 0.613. The Bertz CT molecular complexity index is 2730. The summed E-state index contributed by atoms with van der Waals surface area (Å²) in [5, 5.41) is 4.11. The van der Waals surface area contributed by atoms with Crippen LogP contribution in [0.1, 0.15) is 211 Å². The first kappa shape index (κ1) is 54.8. The number of ether oxygens (including phenoxy) is 2. The Kier molecular flexibility index (Phi) is 13.8. The Morgan fingerprint density at radius 2 is 0.528 bits per heavy atom. The maximum Gasteiger partial charge on any atom is 0.387 e. The van der Waals surface area contributed by atoms with Crippen molar-refractivity contribution in [2.24, 2.45) is 0 Å². The van der Waals surface area contributed by atoms with E-state index in [1.165, 1.54) is 22.3 Å². The third-order valence-electron chi connectivity index (χ3n) is 14.7. The van der Waals surface area contributed by atoms with E-state index in [2.05, 4.69) is 215 Å². The lowest BCUT2D eigenvalue weighted by Gasteiger charge is -2.27. The van der Waals surface area contributed by atoms with Crippen LogP contribution in [0.3, 0.4) is 0 Å². The van der Waals surface area contributed by atoms with E-state index < -0.39 is 40.9 Å². The van der Waals surface area contributed by atoms with Gasteiger partial charge in [-0.1, -0.05) is 190 Å². The normalized spacial score (nSPS) is 19.8. The molecule has 4 atom stereocenters. The van der Waals surface area contributed by atoms with Crippen LogP contribution in [0.5, 0.6) is 0 Å². The lowest BCUT2D eigenvalue weighted by atomic mass is 9.77. The van der Waals surface area contributed by atoms with Crippen molar-refractivity contribution in [3.8, 4) is 0 Å². The molecule has 2 fully saturated rings. The van der Waals surface area contributed by atoms with Crippen molar-refractivity contribution in [2.75, 3.05) is 13.2 Å². The molecule has 0 spiro atoms. The van der Waals surface area contributed by atoms with E-state index in [0.717, 1.165) is 66.1 Å².